The molecule has 0 heterocycles. The number of halogens is 1. The molecule has 0 aromatic heterocycles. The molecule has 0 bridgehead atoms. The zero-order chi connectivity index (χ0) is 8.27. The largest absolute Gasteiger partial charge is 0.0834 e. The standard InChI is InChI=1S/C10H12Cl/c1-3-8-5-6-10(11)9(4-2)7-8/h5,7H,3-4H2,1-2H3. The third-order valence-electron chi connectivity index (χ3n) is 1.81. The van der Waals surface area contributed by atoms with Crippen LogP contribution in [0.25, 0.3) is 0 Å². The Morgan fingerprint density at radius 3 is 2.64 bits per heavy atom. The van der Waals surface area contributed by atoms with Crippen LogP contribution in [0, 0.1) is 6.07 Å². The average Bonchev–Trinajstić information content (AvgIpc) is 2.05. The highest BCUT2D eigenvalue weighted by molar-refractivity contribution is 6.31. The van der Waals surface area contributed by atoms with Gasteiger partial charge in [-0.25, -0.2) is 0 Å². The Kier molecular flexibility index (Phi) is 2.95. The second-order valence-electron chi connectivity index (χ2n) is 2.55. The van der Waals surface area contributed by atoms with Gasteiger partial charge in [-0.1, -0.05) is 31.5 Å². The first kappa shape index (κ1) is 8.61. The maximum Gasteiger partial charge on any atom is 0.0517 e. The molecule has 0 atom stereocenters. The monoisotopic (exact) mass is 167 g/mol. The summed E-state index contributed by atoms with van der Waals surface area (Å²) in [6.45, 7) is 4.24. The first-order valence-corrected chi connectivity index (χ1v) is 4.34. The van der Waals surface area contributed by atoms with Gasteiger partial charge >= 0.3 is 0 Å². The van der Waals surface area contributed by atoms with E-state index < -0.39 is 0 Å². The molecule has 1 radical (unpaired) electrons. The van der Waals surface area contributed by atoms with E-state index in [4.69, 9.17) is 11.6 Å². The number of rotatable bonds is 2. The fourth-order valence-electron chi connectivity index (χ4n) is 1.04. The maximum absolute atomic E-state index is 5.90. The van der Waals surface area contributed by atoms with Gasteiger partial charge in [0.25, 0.3) is 0 Å². The summed E-state index contributed by atoms with van der Waals surface area (Å²) >= 11 is 5.90. The van der Waals surface area contributed by atoms with Crippen molar-refractivity contribution < 1.29 is 0 Å². The lowest BCUT2D eigenvalue weighted by Crippen LogP contribution is -1.86. The molecule has 0 aliphatic heterocycles. The molecule has 0 aliphatic carbocycles. The molecule has 0 amide bonds. The molecule has 0 nitrogen and oxygen atoms in total. The van der Waals surface area contributed by atoms with Crippen molar-refractivity contribution in [3.63, 3.8) is 0 Å². The molecular formula is C10H12Cl. The van der Waals surface area contributed by atoms with Crippen LogP contribution in [0.5, 0.6) is 0 Å². The lowest BCUT2D eigenvalue weighted by atomic mass is 10.1. The van der Waals surface area contributed by atoms with Gasteiger partial charge in [-0.15, -0.1) is 0 Å². The topological polar surface area (TPSA) is 0 Å². The summed E-state index contributed by atoms with van der Waals surface area (Å²) in [5.41, 5.74) is 2.51. The quantitative estimate of drug-likeness (QED) is 0.635. The van der Waals surface area contributed by atoms with Gasteiger partial charge in [-0.05, 0) is 30.0 Å². The van der Waals surface area contributed by atoms with Crippen LogP contribution in [0.15, 0.2) is 12.1 Å². The lowest BCUT2D eigenvalue weighted by Gasteiger charge is -2.02. The summed E-state index contributed by atoms with van der Waals surface area (Å²) < 4.78 is 0. The second kappa shape index (κ2) is 3.77. The Morgan fingerprint density at radius 2 is 2.09 bits per heavy atom. The minimum atomic E-state index is 0.768. The Hall–Kier alpha value is -0.490. The first-order chi connectivity index (χ1) is 5.27. The molecule has 1 aromatic carbocycles. The van der Waals surface area contributed by atoms with Gasteiger partial charge < -0.3 is 0 Å². The Morgan fingerprint density at radius 1 is 1.36 bits per heavy atom. The predicted octanol–water partition coefficient (Wildman–Crippen LogP) is 3.26. The Bertz CT molecular complexity index is 241. The Labute approximate surface area is 73.2 Å². The second-order valence-corrected chi connectivity index (χ2v) is 2.93. The minimum absolute atomic E-state index is 0.768. The van der Waals surface area contributed by atoms with Crippen LogP contribution in [0.3, 0.4) is 0 Å². The molecule has 11 heavy (non-hydrogen) atoms. The smallest absolute Gasteiger partial charge is 0.0517 e. The van der Waals surface area contributed by atoms with Crippen LogP contribution in [-0.2, 0) is 12.8 Å². The number of hydrogen-bond acceptors (Lipinski definition) is 0. The van der Waals surface area contributed by atoms with Crippen molar-refractivity contribution in [3.8, 4) is 0 Å². The van der Waals surface area contributed by atoms with Gasteiger partial charge in [-0.3, -0.25) is 0 Å². The molecule has 0 aliphatic rings. The van der Waals surface area contributed by atoms with Crippen LogP contribution in [0.4, 0.5) is 0 Å². The lowest BCUT2D eigenvalue weighted by molar-refractivity contribution is 1.09. The van der Waals surface area contributed by atoms with Crippen molar-refractivity contribution in [2.75, 3.05) is 0 Å². The van der Waals surface area contributed by atoms with E-state index in [0.29, 0.717) is 0 Å². The van der Waals surface area contributed by atoms with Crippen molar-refractivity contribution in [1.82, 2.24) is 0 Å². The van der Waals surface area contributed by atoms with E-state index in [1.54, 1.807) is 0 Å². The van der Waals surface area contributed by atoms with Crippen LogP contribution < -0.4 is 0 Å². The number of aryl methyl sites for hydroxylation is 2. The maximum atomic E-state index is 5.90. The summed E-state index contributed by atoms with van der Waals surface area (Å²) in [6, 6.07) is 7.15. The summed E-state index contributed by atoms with van der Waals surface area (Å²) in [6.07, 6.45) is 2.05. The van der Waals surface area contributed by atoms with Gasteiger partial charge in [-0.2, -0.15) is 0 Å². The molecule has 59 valence electrons. The van der Waals surface area contributed by atoms with Crippen molar-refractivity contribution >= 4 is 11.6 Å². The zero-order valence-corrected chi connectivity index (χ0v) is 7.70. The molecule has 0 saturated heterocycles. The molecule has 1 aromatic rings. The first-order valence-electron chi connectivity index (χ1n) is 3.97. The van der Waals surface area contributed by atoms with Crippen LogP contribution in [-0.4, -0.2) is 0 Å². The highest BCUT2D eigenvalue weighted by Crippen LogP contribution is 2.17. The summed E-state index contributed by atoms with van der Waals surface area (Å²) in [5.74, 6) is 0. The van der Waals surface area contributed by atoms with Crippen molar-refractivity contribution in [1.29, 1.82) is 0 Å². The fraction of sp³-hybridized carbons (Fsp3) is 0.400. The van der Waals surface area contributed by atoms with Crippen LogP contribution in [0.2, 0.25) is 5.02 Å². The van der Waals surface area contributed by atoms with E-state index in [0.717, 1.165) is 17.9 Å². The fourth-order valence-corrected chi connectivity index (χ4v) is 1.28. The summed E-state index contributed by atoms with van der Waals surface area (Å²) in [4.78, 5) is 0. The van der Waals surface area contributed by atoms with E-state index >= 15 is 0 Å². The molecule has 0 unspecified atom stereocenters. The van der Waals surface area contributed by atoms with Crippen molar-refractivity contribution in [2.24, 2.45) is 0 Å². The van der Waals surface area contributed by atoms with E-state index in [1.165, 1.54) is 11.1 Å². The van der Waals surface area contributed by atoms with Crippen LogP contribution in [0.1, 0.15) is 25.0 Å². The van der Waals surface area contributed by atoms with Crippen LogP contribution >= 0.6 is 11.6 Å². The molecule has 0 saturated carbocycles. The van der Waals surface area contributed by atoms with Gasteiger partial charge in [0.1, 0.15) is 0 Å². The summed E-state index contributed by atoms with van der Waals surface area (Å²) in [5, 5.41) is 0.768. The van der Waals surface area contributed by atoms with Crippen molar-refractivity contribution in [3.05, 3.63) is 34.3 Å². The average molecular weight is 168 g/mol. The highest BCUT2D eigenvalue weighted by Gasteiger charge is 1.98. The SMILES string of the molecule is CCc1c[c]c(Cl)c(CC)c1. The molecule has 0 spiro atoms. The third kappa shape index (κ3) is 1.97. The van der Waals surface area contributed by atoms with E-state index in [1.807, 2.05) is 6.07 Å². The van der Waals surface area contributed by atoms with Gasteiger partial charge in [0.15, 0.2) is 0 Å². The summed E-state index contributed by atoms with van der Waals surface area (Å²) in [7, 11) is 0. The van der Waals surface area contributed by atoms with Gasteiger partial charge in [0.2, 0.25) is 0 Å². The van der Waals surface area contributed by atoms with E-state index in [2.05, 4.69) is 26.0 Å². The van der Waals surface area contributed by atoms with Gasteiger partial charge in [0, 0.05) is 6.07 Å². The molecule has 0 N–H and O–H groups in total. The normalized spacial score (nSPS) is 10.1. The molecule has 1 rings (SSSR count). The number of benzene rings is 1. The van der Waals surface area contributed by atoms with E-state index in [9.17, 15) is 0 Å². The van der Waals surface area contributed by atoms with Crippen molar-refractivity contribution in [2.45, 2.75) is 26.7 Å². The minimum Gasteiger partial charge on any atom is -0.0834 e. The molecular weight excluding hydrogens is 156 g/mol. The van der Waals surface area contributed by atoms with Gasteiger partial charge in [0.05, 0.1) is 5.02 Å². The molecule has 1 heteroatoms. The highest BCUT2D eigenvalue weighted by atomic mass is 35.5. The Balaban J connectivity index is 3.02. The molecule has 0 fully saturated rings. The predicted molar refractivity (Wildman–Crippen MR) is 49.0 cm³/mol. The zero-order valence-electron chi connectivity index (χ0n) is 6.95. The third-order valence-corrected chi connectivity index (χ3v) is 2.17. The van der Waals surface area contributed by atoms with E-state index in [-0.39, 0.29) is 0 Å². The number of hydrogen-bond donors (Lipinski definition) is 0.